The van der Waals surface area contributed by atoms with Crippen LogP contribution in [0.3, 0.4) is 0 Å². The van der Waals surface area contributed by atoms with Crippen LogP contribution in [0.2, 0.25) is 0 Å². The van der Waals surface area contributed by atoms with Gasteiger partial charge in [-0.3, -0.25) is 9.59 Å². The number of rotatable bonds is 5. The van der Waals surface area contributed by atoms with E-state index in [2.05, 4.69) is 18.7 Å². The van der Waals surface area contributed by atoms with E-state index in [1.165, 1.54) is 4.90 Å². The Labute approximate surface area is 119 Å². The summed E-state index contributed by atoms with van der Waals surface area (Å²) in [4.78, 5) is 27.1. The van der Waals surface area contributed by atoms with Gasteiger partial charge in [-0.25, -0.2) is 0 Å². The average molecular weight is 276 g/mol. The first-order valence-corrected chi connectivity index (χ1v) is 6.73. The lowest BCUT2D eigenvalue weighted by Gasteiger charge is -2.30. The number of ether oxygens (including phenoxy) is 1. The molecule has 1 aliphatic heterocycles. The monoisotopic (exact) mass is 276 g/mol. The Morgan fingerprint density at radius 1 is 1.35 bits per heavy atom. The zero-order chi connectivity index (χ0) is 14.9. The van der Waals surface area contributed by atoms with E-state index in [0.29, 0.717) is 17.9 Å². The van der Waals surface area contributed by atoms with E-state index in [-0.39, 0.29) is 6.04 Å². The Morgan fingerprint density at radius 2 is 2.05 bits per heavy atom. The molecule has 0 fully saturated rings. The highest BCUT2D eigenvalue weighted by Gasteiger charge is 2.33. The fourth-order valence-electron chi connectivity index (χ4n) is 2.63. The Morgan fingerprint density at radius 3 is 2.65 bits per heavy atom. The number of likely N-dealkylation sites (N-methyl/N-ethyl adjacent to an activating group) is 2. The maximum Gasteiger partial charge on any atom is 0.299 e. The lowest BCUT2D eigenvalue weighted by atomic mass is 10.1. The molecule has 5 heteroatoms. The molecule has 0 spiro atoms. The molecule has 2 rings (SSSR count). The number of carbonyl (C=O) groups excluding carboxylic acids is 2. The molecule has 1 atom stereocenters. The summed E-state index contributed by atoms with van der Waals surface area (Å²) in [5, 5.41) is 0. The van der Waals surface area contributed by atoms with Crippen LogP contribution in [-0.4, -0.2) is 45.0 Å². The van der Waals surface area contributed by atoms with Crippen LogP contribution in [0.25, 0.3) is 0 Å². The third kappa shape index (κ3) is 2.29. The number of anilines is 2. The number of ketones is 1. The molecule has 0 saturated heterocycles. The second kappa shape index (κ2) is 5.63. The van der Waals surface area contributed by atoms with Crippen molar-refractivity contribution < 1.29 is 14.3 Å². The van der Waals surface area contributed by atoms with Gasteiger partial charge in [-0.1, -0.05) is 0 Å². The number of hydrogen-bond donors (Lipinski definition) is 0. The highest BCUT2D eigenvalue weighted by molar-refractivity contribution is 6.52. The van der Waals surface area contributed by atoms with Gasteiger partial charge in [0.05, 0.1) is 17.9 Å². The predicted octanol–water partition coefficient (Wildman–Crippen LogP) is 1.71. The van der Waals surface area contributed by atoms with Gasteiger partial charge in [-0.2, -0.15) is 0 Å². The molecule has 0 aliphatic carbocycles. The van der Waals surface area contributed by atoms with Crippen LogP contribution < -0.4 is 9.80 Å². The minimum Gasteiger partial charge on any atom is -0.383 e. The van der Waals surface area contributed by atoms with Gasteiger partial charge in [0.15, 0.2) is 0 Å². The highest BCUT2D eigenvalue weighted by Crippen LogP contribution is 2.32. The average Bonchev–Trinajstić information content (AvgIpc) is 2.65. The molecule has 1 unspecified atom stereocenters. The zero-order valence-electron chi connectivity index (χ0n) is 12.3. The van der Waals surface area contributed by atoms with Crippen LogP contribution in [0.5, 0.6) is 0 Å². The molecule has 20 heavy (non-hydrogen) atoms. The van der Waals surface area contributed by atoms with Gasteiger partial charge in [0.2, 0.25) is 0 Å². The number of methoxy groups -OCH3 is 1. The van der Waals surface area contributed by atoms with Gasteiger partial charge in [-0.05, 0) is 32.0 Å². The fraction of sp³-hybridized carbons (Fsp3) is 0.467. The van der Waals surface area contributed by atoms with E-state index in [1.54, 1.807) is 20.2 Å². The summed E-state index contributed by atoms with van der Waals surface area (Å²) < 4.78 is 5.20. The summed E-state index contributed by atoms with van der Waals surface area (Å²) >= 11 is 0. The molecule has 1 aliphatic rings. The number of hydrogen-bond acceptors (Lipinski definition) is 4. The van der Waals surface area contributed by atoms with Crippen molar-refractivity contribution in [3.8, 4) is 0 Å². The van der Waals surface area contributed by atoms with Gasteiger partial charge in [0.1, 0.15) is 0 Å². The molecule has 0 N–H and O–H groups in total. The van der Waals surface area contributed by atoms with E-state index in [0.717, 1.165) is 12.2 Å². The molecule has 5 nitrogen and oxygen atoms in total. The van der Waals surface area contributed by atoms with Crippen LogP contribution in [0.4, 0.5) is 11.4 Å². The topological polar surface area (TPSA) is 49.9 Å². The summed E-state index contributed by atoms with van der Waals surface area (Å²) in [7, 11) is 3.31. The quantitative estimate of drug-likeness (QED) is 0.768. The summed E-state index contributed by atoms with van der Waals surface area (Å²) in [6, 6.07) is 5.74. The first kappa shape index (κ1) is 14.5. The first-order chi connectivity index (χ1) is 9.51. The van der Waals surface area contributed by atoms with Crippen LogP contribution in [-0.2, 0) is 9.53 Å². The normalized spacial score (nSPS) is 15.5. The Balaban J connectivity index is 2.36. The molecule has 0 radical (unpaired) electrons. The van der Waals surface area contributed by atoms with Crippen molar-refractivity contribution in [3.05, 3.63) is 23.8 Å². The van der Waals surface area contributed by atoms with E-state index < -0.39 is 11.7 Å². The second-order valence-electron chi connectivity index (χ2n) is 4.99. The lowest BCUT2D eigenvalue weighted by Crippen LogP contribution is -2.36. The van der Waals surface area contributed by atoms with E-state index in [4.69, 9.17) is 4.74 Å². The molecule has 1 amide bonds. The molecule has 1 aromatic carbocycles. The Bertz CT molecular complexity index is 542. The van der Waals surface area contributed by atoms with Crippen molar-refractivity contribution in [2.45, 2.75) is 19.9 Å². The predicted molar refractivity (Wildman–Crippen MR) is 78.5 cm³/mol. The SMILES string of the molecule is CCN(c1ccc2c(c1)N(C)C(=O)C2=O)C(C)COC. The van der Waals surface area contributed by atoms with Gasteiger partial charge in [-0.15, -0.1) is 0 Å². The molecule has 1 heterocycles. The van der Waals surface area contributed by atoms with E-state index in [9.17, 15) is 9.59 Å². The summed E-state index contributed by atoms with van der Waals surface area (Å²) in [5.74, 6) is -0.896. The third-order valence-corrected chi connectivity index (χ3v) is 3.70. The van der Waals surface area contributed by atoms with Crippen molar-refractivity contribution in [1.29, 1.82) is 0 Å². The summed E-state index contributed by atoms with van der Waals surface area (Å²) in [6.07, 6.45) is 0. The number of Topliss-reactive ketones (excluding diaryl/α,β-unsaturated/α-hetero) is 1. The Hall–Kier alpha value is -1.88. The minimum absolute atomic E-state index is 0.223. The van der Waals surface area contributed by atoms with Crippen LogP contribution in [0, 0.1) is 0 Å². The smallest absolute Gasteiger partial charge is 0.299 e. The third-order valence-electron chi connectivity index (χ3n) is 3.70. The molecular formula is C15H20N2O3. The standard InChI is InChI=1S/C15H20N2O3/c1-5-17(10(2)9-20-4)11-6-7-12-13(8-11)16(3)15(19)14(12)18/h6-8,10H,5,9H2,1-4H3. The highest BCUT2D eigenvalue weighted by atomic mass is 16.5. The van der Waals surface area contributed by atoms with Crippen LogP contribution in [0.15, 0.2) is 18.2 Å². The van der Waals surface area contributed by atoms with E-state index >= 15 is 0 Å². The maximum atomic E-state index is 11.8. The van der Waals surface area contributed by atoms with Crippen LogP contribution >= 0.6 is 0 Å². The molecule has 108 valence electrons. The number of benzene rings is 1. The summed E-state index contributed by atoms with van der Waals surface area (Å²) in [5.41, 5.74) is 2.16. The largest absolute Gasteiger partial charge is 0.383 e. The number of carbonyl (C=O) groups is 2. The fourth-order valence-corrected chi connectivity index (χ4v) is 2.63. The number of amides is 1. The van der Waals surface area contributed by atoms with Gasteiger partial charge in [0, 0.05) is 32.4 Å². The van der Waals surface area contributed by atoms with Crippen molar-refractivity contribution in [2.75, 3.05) is 37.1 Å². The van der Waals surface area contributed by atoms with Crippen molar-refractivity contribution in [1.82, 2.24) is 0 Å². The molecule has 0 bridgehead atoms. The summed E-state index contributed by atoms with van der Waals surface area (Å²) in [6.45, 7) is 5.60. The van der Waals surface area contributed by atoms with Crippen molar-refractivity contribution >= 4 is 23.1 Å². The second-order valence-corrected chi connectivity index (χ2v) is 4.99. The van der Waals surface area contributed by atoms with Crippen LogP contribution in [0.1, 0.15) is 24.2 Å². The lowest BCUT2D eigenvalue weighted by molar-refractivity contribution is -0.114. The van der Waals surface area contributed by atoms with Crippen molar-refractivity contribution in [2.24, 2.45) is 0 Å². The molecule has 0 aromatic heterocycles. The minimum atomic E-state index is -0.467. The van der Waals surface area contributed by atoms with Crippen molar-refractivity contribution in [3.63, 3.8) is 0 Å². The maximum absolute atomic E-state index is 11.8. The number of fused-ring (bicyclic) bond motifs is 1. The van der Waals surface area contributed by atoms with Gasteiger partial charge < -0.3 is 14.5 Å². The zero-order valence-corrected chi connectivity index (χ0v) is 12.3. The van der Waals surface area contributed by atoms with E-state index in [1.807, 2.05) is 12.1 Å². The number of nitrogens with zero attached hydrogens (tertiary/aromatic N) is 2. The first-order valence-electron chi connectivity index (χ1n) is 6.73. The van der Waals surface area contributed by atoms with Gasteiger partial charge in [0.25, 0.3) is 11.7 Å². The Kier molecular flexibility index (Phi) is 4.09. The molecular weight excluding hydrogens is 256 g/mol. The van der Waals surface area contributed by atoms with Gasteiger partial charge >= 0.3 is 0 Å². The molecule has 0 saturated carbocycles. The molecule has 1 aromatic rings.